The molecule has 13 heteroatoms. The zero-order valence-electron chi connectivity index (χ0n) is 20.2. The number of carbonyl (C=O) groups excluding carboxylic acids is 1. The Balaban J connectivity index is 1.92. The summed E-state index contributed by atoms with van der Waals surface area (Å²) in [5.74, 6) is -0.552. The summed E-state index contributed by atoms with van der Waals surface area (Å²) in [7, 11) is -5.90. The Morgan fingerprint density at radius 1 is 1.00 bits per heavy atom. The highest BCUT2D eigenvalue weighted by molar-refractivity contribution is 7.87. The van der Waals surface area contributed by atoms with Gasteiger partial charge >= 0.3 is 27.5 Å². The van der Waals surface area contributed by atoms with Crippen LogP contribution < -0.4 is 19.8 Å². The van der Waals surface area contributed by atoms with E-state index < -0.39 is 33.0 Å². The summed E-state index contributed by atoms with van der Waals surface area (Å²) >= 11 is 0. The Morgan fingerprint density at radius 2 is 1.62 bits per heavy atom. The van der Waals surface area contributed by atoms with Gasteiger partial charge in [-0.2, -0.15) is 26.6 Å². The second kappa shape index (κ2) is 10.2. The van der Waals surface area contributed by atoms with E-state index in [0.717, 1.165) is 0 Å². The van der Waals surface area contributed by atoms with Crippen molar-refractivity contribution in [3.63, 3.8) is 0 Å². The van der Waals surface area contributed by atoms with Gasteiger partial charge in [0.25, 0.3) is 0 Å². The molecule has 0 saturated carbocycles. The van der Waals surface area contributed by atoms with Crippen molar-refractivity contribution in [1.29, 1.82) is 0 Å². The fraction of sp³-hybridized carbons (Fsp3) is 0.250. The monoisotopic (exact) mass is 537 g/mol. The molecule has 0 unspecified atom stereocenters. The highest BCUT2D eigenvalue weighted by Gasteiger charge is 2.50. The van der Waals surface area contributed by atoms with E-state index in [2.05, 4.69) is 25.0 Å². The molecule has 9 nitrogen and oxygen atoms in total. The number of urea groups is 1. The minimum atomic E-state index is -5.90. The summed E-state index contributed by atoms with van der Waals surface area (Å²) in [6.45, 7) is 6.81. The van der Waals surface area contributed by atoms with Crippen LogP contribution in [0.3, 0.4) is 0 Å². The number of halogens is 3. The third kappa shape index (κ3) is 6.42. The Hall–Kier alpha value is -4.00. The molecule has 2 aromatic carbocycles. The number of aromatic nitrogens is 1. The van der Waals surface area contributed by atoms with Crippen molar-refractivity contribution in [2.24, 2.45) is 5.18 Å². The molecule has 1 heterocycles. The van der Waals surface area contributed by atoms with Gasteiger partial charge in [-0.15, -0.1) is 4.91 Å². The van der Waals surface area contributed by atoms with Crippen LogP contribution in [0.4, 0.5) is 35.0 Å². The molecule has 3 rings (SSSR count). The zero-order chi connectivity index (χ0) is 27.6. The number of H-pyrrole nitrogens is 1. The molecule has 3 N–H and O–H groups in total. The van der Waals surface area contributed by atoms with Crippen molar-refractivity contribution < 1.29 is 35.6 Å². The number of nitrogens with zero attached hydrogens (tertiary/aromatic N) is 1. The number of alkyl halides is 3. The lowest BCUT2D eigenvalue weighted by Gasteiger charge is -2.17. The van der Waals surface area contributed by atoms with Crippen LogP contribution in [0.1, 0.15) is 32.0 Å². The first-order valence-electron chi connectivity index (χ1n) is 10.8. The molecule has 37 heavy (non-hydrogen) atoms. The number of nitroso groups, excluding NO2 is 1. The van der Waals surface area contributed by atoms with Crippen molar-refractivity contribution in [2.45, 2.75) is 38.6 Å². The lowest BCUT2D eigenvalue weighted by molar-refractivity contribution is -0.406. The molecule has 196 valence electrons. The Labute approximate surface area is 211 Å². The fourth-order valence-corrected chi connectivity index (χ4v) is 3.73. The topological polar surface area (TPSA) is 128 Å². The maximum Gasteiger partial charge on any atom is 0.534 e. The highest BCUT2D eigenvalue weighted by atomic mass is 32.2. The number of aromatic amines is 1. The third-order valence-electron chi connectivity index (χ3n) is 5.27. The smallest absolute Gasteiger partial charge is 0.316 e. The summed E-state index contributed by atoms with van der Waals surface area (Å²) in [4.78, 5) is 25.9. The molecule has 0 spiro atoms. The maximum atomic E-state index is 13.0. The summed E-state index contributed by atoms with van der Waals surface area (Å²) in [5.41, 5.74) is -3.99. The molecule has 0 atom stereocenters. The van der Waals surface area contributed by atoms with E-state index in [9.17, 15) is 31.3 Å². The number of benzene rings is 2. The molecule has 2 amide bonds. The molecule has 0 bridgehead atoms. The third-order valence-corrected chi connectivity index (χ3v) is 6.22. The van der Waals surface area contributed by atoms with Gasteiger partial charge in [0.15, 0.2) is 5.69 Å². The predicted octanol–water partition coefficient (Wildman–Crippen LogP) is 6.04. The minimum absolute atomic E-state index is 0.0598. The molecule has 0 aliphatic heterocycles. The summed E-state index contributed by atoms with van der Waals surface area (Å²) < 4.78 is 66.6. The average Bonchev–Trinajstić information content (AvgIpc) is 2.79. The Morgan fingerprint density at radius 3 is 2.19 bits per heavy atom. The number of para-hydroxylation sites is 1. The maximum absolute atomic E-state index is 13.0. The first-order valence-corrected chi connectivity index (χ1v) is 12.2. The van der Waals surface area contributed by atoms with E-state index in [1.54, 1.807) is 63.2 Å². The predicted molar refractivity (Wildman–Crippen MR) is 132 cm³/mol. The van der Waals surface area contributed by atoms with Crippen LogP contribution >= 0.6 is 0 Å². The first-order chi connectivity index (χ1) is 17.1. The van der Waals surface area contributed by atoms with Crippen LogP contribution in [0, 0.1) is 11.8 Å². The van der Waals surface area contributed by atoms with Gasteiger partial charge in [0.1, 0.15) is 5.69 Å². The number of rotatable bonds is 6. The molecule has 0 aliphatic rings. The van der Waals surface area contributed by atoms with Gasteiger partial charge in [-0.25, -0.2) is 4.79 Å². The largest absolute Gasteiger partial charge is 0.534 e. The fourth-order valence-electron chi connectivity index (χ4n) is 3.25. The van der Waals surface area contributed by atoms with Gasteiger partial charge in [-0.05, 0) is 41.9 Å². The van der Waals surface area contributed by atoms with Crippen molar-refractivity contribution in [2.75, 3.05) is 10.6 Å². The number of amides is 2. The Kier molecular flexibility index (Phi) is 7.58. The van der Waals surface area contributed by atoms with Crippen molar-refractivity contribution in [3.05, 3.63) is 70.8 Å². The van der Waals surface area contributed by atoms with Gasteiger partial charge < -0.3 is 14.8 Å². The van der Waals surface area contributed by atoms with E-state index >= 15 is 0 Å². The molecule has 1 aromatic heterocycles. The highest BCUT2D eigenvalue weighted by Crippen LogP contribution is 2.34. The van der Waals surface area contributed by atoms with Gasteiger partial charge in [-0.1, -0.05) is 45.0 Å². The first kappa shape index (κ1) is 27.6. The quantitative estimate of drug-likeness (QED) is 0.225. The number of pyridine rings is 1. The van der Waals surface area contributed by atoms with Gasteiger partial charge in [0.2, 0.25) is 0 Å². The van der Waals surface area contributed by atoms with Gasteiger partial charge in [0.05, 0.1) is 11.3 Å². The van der Waals surface area contributed by atoms with E-state index in [-0.39, 0.29) is 16.9 Å². The molecule has 0 saturated heterocycles. The van der Waals surface area contributed by atoms with E-state index in [1.807, 2.05) is 0 Å². The number of hydrogen-bond acceptors (Lipinski definition) is 6. The standard InChI is InChI=1S/C24H23F3N4O5S/c1-14-17(13-20(23(2,3)4)30-21(14)36-37(34,35)24(25,26)27)15-9-11-16(12-10-15)28-22(32)29-18-7-5-6-8-19(18)31-33/h5-13H,1-4H3,(H2,28,29,32)/p+1. The molecular weight excluding hydrogens is 513 g/mol. The summed E-state index contributed by atoms with van der Waals surface area (Å²) in [5, 5.41) is 7.96. The summed E-state index contributed by atoms with van der Waals surface area (Å²) in [6, 6.07) is 13.6. The molecule has 3 aromatic rings. The van der Waals surface area contributed by atoms with Crippen LogP contribution in [-0.2, 0) is 15.5 Å². The molecule has 0 aliphatic carbocycles. The SMILES string of the molecule is Cc1c(-c2ccc(NC(=O)Nc3ccccc3N=O)cc2)cc(C(C)(C)C)[nH+]c1OS(=O)(=O)C(F)(F)F. The average molecular weight is 538 g/mol. The van der Waals surface area contributed by atoms with Crippen molar-refractivity contribution in [3.8, 4) is 17.0 Å². The normalized spacial score (nSPS) is 12.1. The van der Waals surface area contributed by atoms with Crippen molar-refractivity contribution in [1.82, 2.24) is 0 Å². The zero-order valence-corrected chi connectivity index (χ0v) is 21.0. The number of anilines is 2. The van der Waals surface area contributed by atoms with Gasteiger partial charge in [0, 0.05) is 22.7 Å². The van der Waals surface area contributed by atoms with Crippen LogP contribution in [0.15, 0.2) is 59.8 Å². The lowest BCUT2D eigenvalue weighted by atomic mass is 9.88. The van der Waals surface area contributed by atoms with Crippen LogP contribution in [-0.4, -0.2) is 20.0 Å². The second-order valence-electron chi connectivity index (χ2n) is 9.05. The van der Waals surface area contributed by atoms with Gasteiger partial charge in [-0.3, -0.25) is 0 Å². The molecule has 0 radical (unpaired) electrons. The minimum Gasteiger partial charge on any atom is -0.316 e. The van der Waals surface area contributed by atoms with Crippen LogP contribution in [0.5, 0.6) is 5.88 Å². The number of carbonyl (C=O) groups is 1. The second-order valence-corrected chi connectivity index (χ2v) is 10.6. The van der Waals surface area contributed by atoms with Crippen LogP contribution in [0.25, 0.3) is 11.1 Å². The Bertz CT molecular complexity index is 1430. The molecular formula is C24H24F3N4O5S+. The molecule has 0 fully saturated rings. The number of hydrogen-bond donors (Lipinski definition) is 2. The summed E-state index contributed by atoms with van der Waals surface area (Å²) in [6.07, 6.45) is 0. The van der Waals surface area contributed by atoms with Crippen molar-refractivity contribution >= 4 is 33.2 Å². The van der Waals surface area contributed by atoms with E-state index in [1.165, 1.54) is 19.1 Å². The number of nitrogens with one attached hydrogen (secondary N) is 3. The van der Waals surface area contributed by atoms with E-state index in [0.29, 0.717) is 22.5 Å². The van der Waals surface area contributed by atoms with E-state index in [4.69, 9.17) is 0 Å². The lowest BCUT2D eigenvalue weighted by Crippen LogP contribution is -2.33. The van der Waals surface area contributed by atoms with Crippen LogP contribution in [0.2, 0.25) is 0 Å².